The van der Waals surface area contributed by atoms with Gasteiger partial charge < -0.3 is 14.6 Å². The number of hydrogen-bond acceptors (Lipinski definition) is 6. The molecule has 0 rings (SSSR count). The van der Waals surface area contributed by atoms with E-state index in [0.717, 1.165) is 0 Å². The lowest BCUT2D eigenvalue weighted by atomic mass is 10.1. The van der Waals surface area contributed by atoms with Crippen LogP contribution in [0.4, 0.5) is 4.79 Å². The second kappa shape index (κ2) is 7.25. The normalized spacial score (nSPS) is 14.2. The van der Waals surface area contributed by atoms with E-state index in [2.05, 4.69) is 11.3 Å². The van der Waals surface area contributed by atoms with E-state index >= 15 is 0 Å². The SMILES string of the molecule is C=C(C)C(=O)OC(C)(COOC(C)(C)CC)OC(=O)O. The van der Waals surface area contributed by atoms with E-state index in [1.165, 1.54) is 13.8 Å². The van der Waals surface area contributed by atoms with Gasteiger partial charge in [0, 0.05) is 12.5 Å². The topological polar surface area (TPSA) is 91.3 Å². The van der Waals surface area contributed by atoms with Gasteiger partial charge in [-0.1, -0.05) is 13.5 Å². The van der Waals surface area contributed by atoms with Gasteiger partial charge in [0.15, 0.2) is 6.61 Å². The number of carbonyl (C=O) groups is 2. The van der Waals surface area contributed by atoms with Gasteiger partial charge in [0.1, 0.15) is 0 Å². The third-order valence-electron chi connectivity index (χ3n) is 2.42. The molecular weight excluding hydrogens is 268 g/mol. The van der Waals surface area contributed by atoms with Gasteiger partial charge in [-0.2, -0.15) is 0 Å². The quantitative estimate of drug-likeness (QED) is 0.241. The maximum Gasteiger partial charge on any atom is 0.509 e. The van der Waals surface area contributed by atoms with E-state index in [-0.39, 0.29) is 5.57 Å². The predicted octanol–water partition coefficient (Wildman–Crippen LogP) is 2.65. The highest BCUT2D eigenvalue weighted by Gasteiger charge is 2.35. The third kappa shape index (κ3) is 7.10. The number of rotatable bonds is 8. The van der Waals surface area contributed by atoms with E-state index in [1.807, 2.05) is 6.92 Å². The van der Waals surface area contributed by atoms with Gasteiger partial charge in [0.05, 0.1) is 5.60 Å². The summed E-state index contributed by atoms with van der Waals surface area (Å²) in [6.45, 7) is 11.2. The van der Waals surface area contributed by atoms with Crippen LogP contribution in [0.5, 0.6) is 0 Å². The predicted molar refractivity (Wildman–Crippen MR) is 69.8 cm³/mol. The van der Waals surface area contributed by atoms with Crippen LogP contribution in [0.1, 0.15) is 41.0 Å². The molecule has 1 atom stereocenters. The van der Waals surface area contributed by atoms with Gasteiger partial charge in [0.25, 0.3) is 5.79 Å². The highest BCUT2D eigenvalue weighted by atomic mass is 17.2. The van der Waals surface area contributed by atoms with Crippen LogP contribution in [-0.4, -0.2) is 35.2 Å². The molecule has 7 heteroatoms. The zero-order chi connectivity index (χ0) is 16.0. The molecule has 1 unspecified atom stereocenters. The Morgan fingerprint density at radius 2 is 1.75 bits per heavy atom. The fourth-order valence-electron chi connectivity index (χ4n) is 0.903. The molecule has 116 valence electrons. The Morgan fingerprint density at radius 3 is 2.15 bits per heavy atom. The minimum Gasteiger partial charge on any atom is -0.450 e. The Balaban J connectivity index is 4.66. The number of esters is 1. The summed E-state index contributed by atoms with van der Waals surface area (Å²) >= 11 is 0. The Labute approximate surface area is 118 Å². The third-order valence-corrected chi connectivity index (χ3v) is 2.42. The highest BCUT2D eigenvalue weighted by molar-refractivity contribution is 5.87. The lowest BCUT2D eigenvalue weighted by Crippen LogP contribution is -2.42. The Hall–Kier alpha value is -1.60. The Kier molecular flexibility index (Phi) is 6.67. The van der Waals surface area contributed by atoms with Crippen LogP contribution in [0.3, 0.4) is 0 Å². The van der Waals surface area contributed by atoms with Crippen molar-refractivity contribution in [1.82, 2.24) is 0 Å². The second-order valence-corrected chi connectivity index (χ2v) is 5.13. The molecule has 1 N–H and O–H groups in total. The largest absolute Gasteiger partial charge is 0.509 e. The van der Waals surface area contributed by atoms with Crippen LogP contribution < -0.4 is 0 Å². The average molecular weight is 290 g/mol. The summed E-state index contributed by atoms with van der Waals surface area (Å²) in [5.41, 5.74) is -0.442. The van der Waals surface area contributed by atoms with Crippen molar-refractivity contribution in [3.05, 3.63) is 12.2 Å². The fourth-order valence-corrected chi connectivity index (χ4v) is 0.903. The molecule has 0 aromatic heterocycles. The summed E-state index contributed by atoms with van der Waals surface area (Å²) in [6, 6.07) is 0. The molecule has 0 fully saturated rings. The van der Waals surface area contributed by atoms with Crippen LogP contribution in [-0.2, 0) is 24.0 Å². The summed E-state index contributed by atoms with van der Waals surface area (Å²) < 4.78 is 9.45. The van der Waals surface area contributed by atoms with Crippen LogP contribution in [0.2, 0.25) is 0 Å². The minimum atomic E-state index is -1.81. The summed E-state index contributed by atoms with van der Waals surface area (Å²) in [5, 5.41) is 8.67. The summed E-state index contributed by atoms with van der Waals surface area (Å²) in [4.78, 5) is 32.2. The zero-order valence-electron chi connectivity index (χ0n) is 12.5. The molecule has 0 saturated carbocycles. The number of hydrogen-bond donors (Lipinski definition) is 1. The smallest absolute Gasteiger partial charge is 0.450 e. The van der Waals surface area contributed by atoms with Crippen molar-refractivity contribution < 1.29 is 33.9 Å². The lowest BCUT2D eigenvalue weighted by Gasteiger charge is -2.29. The first-order valence-corrected chi connectivity index (χ1v) is 6.13. The highest BCUT2D eigenvalue weighted by Crippen LogP contribution is 2.19. The Bertz CT molecular complexity index is 375. The molecule has 0 saturated heterocycles. The molecule has 0 aliphatic rings. The van der Waals surface area contributed by atoms with E-state index in [1.54, 1.807) is 13.8 Å². The van der Waals surface area contributed by atoms with Crippen LogP contribution in [0.15, 0.2) is 12.2 Å². The van der Waals surface area contributed by atoms with Crippen LogP contribution >= 0.6 is 0 Å². The van der Waals surface area contributed by atoms with E-state index < -0.39 is 30.1 Å². The van der Waals surface area contributed by atoms with Crippen molar-refractivity contribution >= 4 is 12.1 Å². The molecule has 0 aliphatic heterocycles. The minimum absolute atomic E-state index is 0.111. The maximum absolute atomic E-state index is 11.5. The van der Waals surface area contributed by atoms with Crippen LogP contribution in [0.25, 0.3) is 0 Å². The number of ether oxygens (including phenoxy) is 2. The lowest BCUT2D eigenvalue weighted by molar-refractivity contribution is -0.383. The van der Waals surface area contributed by atoms with Gasteiger partial charge in [0.2, 0.25) is 0 Å². The fraction of sp³-hybridized carbons (Fsp3) is 0.692. The summed E-state index contributed by atoms with van der Waals surface area (Å²) in [5.74, 6) is -2.60. The van der Waals surface area contributed by atoms with E-state index in [4.69, 9.17) is 19.6 Å². The molecule has 0 spiro atoms. The Morgan fingerprint density at radius 1 is 1.20 bits per heavy atom. The second-order valence-electron chi connectivity index (χ2n) is 5.13. The first-order chi connectivity index (χ1) is 9.01. The molecule has 0 bridgehead atoms. The summed E-state index contributed by atoms with van der Waals surface area (Å²) in [7, 11) is 0. The van der Waals surface area contributed by atoms with Crippen molar-refractivity contribution in [3.8, 4) is 0 Å². The van der Waals surface area contributed by atoms with E-state index in [0.29, 0.717) is 6.42 Å². The average Bonchev–Trinajstić information content (AvgIpc) is 2.27. The van der Waals surface area contributed by atoms with Gasteiger partial charge in [-0.3, -0.25) is 0 Å². The van der Waals surface area contributed by atoms with Crippen molar-refractivity contribution in [1.29, 1.82) is 0 Å². The molecule has 0 heterocycles. The molecule has 0 aromatic rings. The molecule has 0 aromatic carbocycles. The standard InChI is InChI=1S/C13H22O7/c1-7-12(4,5)20-17-8-13(6,19-11(15)16)18-10(14)9(2)3/h2,7-8H2,1,3-6H3,(H,15,16). The van der Waals surface area contributed by atoms with Crippen molar-refractivity contribution in [2.24, 2.45) is 0 Å². The molecule has 7 nitrogen and oxygen atoms in total. The zero-order valence-corrected chi connectivity index (χ0v) is 12.5. The van der Waals surface area contributed by atoms with Crippen molar-refractivity contribution in [3.63, 3.8) is 0 Å². The molecular formula is C13H22O7. The molecule has 0 aliphatic carbocycles. The molecule has 20 heavy (non-hydrogen) atoms. The number of carboxylic acid groups (broad SMARTS) is 1. The first-order valence-electron chi connectivity index (χ1n) is 6.13. The molecule has 0 radical (unpaired) electrons. The van der Waals surface area contributed by atoms with Gasteiger partial charge >= 0.3 is 12.1 Å². The first kappa shape index (κ1) is 18.4. The summed E-state index contributed by atoms with van der Waals surface area (Å²) in [6.07, 6.45) is -0.921. The van der Waals surface area contributed by atoms with Crippen LogP contribution in [0, 0.1) is 0 Å². The monoisotopic (exact) mass is 290 g/mol. The molecule has 0 amide bonds. The van der Waals surface area contributed by atoms with Crippen molar-refractivity contribution in [2.45, 2.75) is 52.4 Å². The maximum atomic E-state index is 11.5. The van der Waals surface area contributed by atoms with Gasteiger partial charge in [-0.05, 0) is 27.2 Å². The van der Waals surface area contributed by atoms with E-state index in [9.17, 15) is 9.59 Å². The van der Waals surface area contributed by atoms with Gasteiger partial charge in [-0.25, -0.2) is 19.4 Å². The van der Waals surface area contributed by atoms with Crippen molar-refractivity contribution in [2.75, 3.05) is 6.61 Å². The number of carbonyl (C=O) groups excluding carboxylic acids is 1. The van der Waals surface area contributed by atoms with Gasteiger partial charge in [-0.15, -0.1) is 0 Å².